The van der Waals surface area contributed by atoms with Crippen LogP contribution in [-0.4, -0.2) is 15.6 Å². The molecule has 0 saturated carbocycles. The van der Waals surface area contributed by atoms with Crippen LogP contribution in [0.2, 0.25) is 5.02 Å². The van der Waals surface area contributed by atoms with Gasteiger partial charge in [0.25, 0.3) is 0 Å². The van der Waals surface area contributed by atoms with Crippen molar-refractivity contribution in [2.24, 2.45) is 12.5 Å². The number of allylic oxidation sites excluding steroid dienone is 2. The molecule has 0 aliphatic heterocycles. The Labute approximate surface area is 119 Å². The zero-order chi connectivity index (χ0) is 14.2. The molecule has 1 aliphatic rings. The summed E-state index contributed by atoms with van der Waals surface area (Å²) in [7, 11) is 1.91. The molecule has 0 spiro atoms. The second kappa shape index (κ2) is 5.12. The molecular formula is C15H21ClN2O. The summed E-state index contributed by atoms with van der Waals surface area (Å²) < 4.78 is 1.84. The normalized spacial score (nSPS) is 18.6. The molecule has 2 rings (SSSR count). The first kappa shape index (κ1) is 14.3. The van der Waals surface area contributed by atoms with Crippen molar-refractivity contribution < 1.29 is 4.79 Å². The van der Waals surface area contributed by atoms with Crippen molar-refractivity contribution in [3.63, 3.8) is 0 Å². The molecule has 104 valence electrons. The van der Waals surface area contributed by atoms with Crippen LogP contribution in [0.25, 0.3) is 0 Å². The largest absolute Gasteiger partial charge is 0.295 e. The lowest BCUT2D eigenvalue weighted by Crippen LogP contribution is -2.22. The van der Waals surface area contributed by atoms with E-state index in [9.17, 15) is 4.79 Å². The van der Waals surface area contributed by atoms with Crippen molar-refractivity contribution >= 4 is 17.4 Å². The van der Waals surface area contributed by atoms with Crippen LogP contribution in [0.5, 0.6) is 0 Å². The first-order valence-electron chi connectivity index (χ1n) is 6.75. The molecule has 4 heteroatoms. The van der Waals surface area contributed by atoms with Crippen molar-refractivity contribution in [3.05, 3.63) is 28.1 Å². The van der Waals surface area contributed by atoms with E-state index in [1.165, 1.54) is 0 Å². The number of nitrogens with zero attached hydrogens (tertiary/aromatic N) is 2. The van der Waals surface area contributed by atoms with Crippen LogP contribution in [-0.2, 0) is 24.7 Å². The van der Waals surface area contributed by atoms with Crippen LogP contribution in [0, 0.1) is 5.41 Å². The van der Waals surface area contributed by atoms with Crippen LogP contribution in [0.3, 0.4) is 0 Å². The van der Waals surface area contributed by atoms with Gasteiger partial charge in [-0.25, -0.2) is 0 Å². The average molecular weight is 281 g/mol. The number of rotatable bonds is 3. The van der Waals surface area contributed by atoms with Gasteiger partial charge >= 0.3 is 0 Å². The van der Waals surface area contributed by atoms with Gasteiger partial charge in [0.1, 0.15) is 0 Å². The van der Waals surface area contributed by atoms with E-state index in [1.54, 1.807) is 6.08 Å². The molecule has 0 unspecified atom stereocenters. The summed E-state index contributed by atoms with van der Waals surface area (Å²) in [6.07, 6.45) is 4.92. The number of ketones is 1. The van der Waals surface area contributed by atoms with Crippen molar-refractivity contribution in [3.8, 4) is 0 Å². The molecule has 1 aliphatic carbocycles. The van der Waals surface area contributed by atoms with Crippen molar-refractivity contribution in [1.29, 1.82) is 0 Å². The van der Waals surface area contributed by atoms with Gasteiger partial charge in [0.15, 0.2) is 5.78 Å². The third-order valence-electron chi connectivity index (χ3n) is 3.62. The van der Waals surface area contributed by atoms with Crippen molar-refractivity contribution in [1.82, 2.24) is 9.78 Å². The average Bonchev–Trinajstić information content (AvgIpc) is 2.53. The maximum atomic E-state index is 11.8. The molecular weight excluding hydrogens is 260 g/mol. The number of halogens is 1. The fourth-order valence-corrected chi connectivity index (χ4v) is 3.18. The van der Waals surface area contributed by atoms with Crippen LogP contribution in [0.1, 0.15) is 45.0 Å². The minimum Gasteiger partial charge on any atom is -0.295 e. The number of hydrogen-bond acceptors (Lipinski definition) is 2. The first-order chi connectivity index (χ1) is 8.82. The SMILES string of the molecule is CCc1nn(C)c(CC2=CC(=O)CC(C)(C)C2)c1Cl. The Balaban J connectivity index is 2.27. The predicted octanol–water partition coefficient (Wildman–Crippen LogP) is 3.49. The summed E-state index contributed by atoms with van der Waals surface area (Å²) in [5.74, 6) is 0.222. The van der Waals surface area contributed by atoms with Gasteiger partial charge in [0.2, 0.25) is 0 Å². The highest BCUT2D eigenvalue weighted by Gasteiger charge is 2.28. The van der Waals surface area contributed by atoms with Crippen LogP contribution < -0.4 is 0 Å². The Hall–Kier alpha value is -1.09. The second-order valence-corrected chi connectivity index (χ2v) is 6.53. The van der Waals surface area contributed by atoms with E-state index in [0.717, 1.165) is 41.2 Å². The summed E-state index contributed by atoms with van der Waals surface area (Å²) in [4.78, 5) is 11.8. The predicted molar refractivity (Wildman–Crippen MR) is 77.4 cm³/mol. The van der Waals surface area contributed by atoms with Gasteiger partial charge in [-0.15, -0.1) is 0 Å². The van der Waals surface area contributed by atoms with E-state index in [4.69, 9.17) is 11.6 Å². The fraction of sp³-hybridized carbons (Fsp3) is 0.600. The van der Waals surface area contributed by atoms with E-state index in [0.29, 0.717) is 6.42 Å². The lowest BCUT2D eigenvalue weighted by Gasteiger charge is -2.28. The summed E-state index contributed by atoms with van der Waals surface area (Å²) in [6.45, 7) is 6.32. The molecule has 0 atom stereocenters. The van der Waals surface area contributed by atoms with Crippen LogP contribution >= 0.6 is 11.6 Å². The lowest BCUT2D eigenvalue weighted by atomic mass is 9.76. The molecule has 0 aromatic carbocycles. The molecule has 1 heterocycles. The van der Waals surface area contributed by atoms with E-state index in [-0.39, 0.29) is 11.2 Å². The van der Waals surface area contributed by atoms with Gasteiger partial charge in [-0.1, -0.05) is 37.9 Å². The monoisotopic (exact) mass is 280 g/mol. The lowest BCUT2D eigenvalue weighted by molar-refractivity contribution is -0.117. The molecule has 1 aromatic heterocycles. The minimum atomic E-state index is 0.0554. The third kappa shape index (κ3) is 3.08. The maximum absolute atomic E-state index is 11.8. The van der Waals surface area contributed by atoms with Crippen LogP contribution in [0.4, 0.5) is 0 Å². The van der Waals surface area contributed by atoms with Gasteiger partial charge in [-0.2, -0.15) is 5.10 Å². The number of aryl methyl sites for hydroxylation is 2. The highest BCUT2D eigenvalue weighted by atomic mass is 35.5. The summed E-state index contributed by atoms with van der Waals surface area (Å²) in [6, 6.07) is 0. The third-order valence-corrected chi connectivity index (χ3v) is 4.06. The molecule has 0 N–H and O–H groups in total. The molecule has 0 bridgehead atoms. The minimum absolute atomic E-state index is 0.0554. The first-order valence-corrected chi connectivity index (χ1v) is 7.12. The Morgan fingerprint density at radius 1 is 1.42 bits per heavy atom. The highest BCUT2D eigenvalue weighted by Crippen LogP contribution is 2.36. The number of carbonyl (C=O) groups is 1. The molecule has 1 aromatic rings. The smallest absolute Gasteiger partial charge is 0.156 e. The van der Waals surface area contributed by atoms with Gasteiger partial charge in [0.05, 0.1) is 16.4 Å². The molecule has 0 amide bonds. The van der Waals surface area contributed by atoms with Crippen LogP contribution in [0.15, 0.2) is 11.6 Å². The number of hydrogen-bond donors (Lipinski definition) is 0. The zero-order valence-corrected chi connectivity index (χ0v) is 12.8. The zero-order valence-electron chi connectivity index (χ0n) is 12.1. The van der Waals surface area contributed by atoms with Gasteiger partial charge in [0, 0.05) is 19.9 Å². The second-order valence-electron chi connectivity index (χ2n) is 6.15. The molecule has 3 nitrogen and oxygen atoms in total. The highest BCUT2D eigenvalue weighted by molar-refractivity contribution is 6.31. The van der Waals surface area contributed by atoms with Crippen molar-refractivity contribution in [2.45, 2.75) is 46.5 Å². The maximum Gasteiger partial charge on any atom is 0.156 e. The summed E-state index contributed by atoms with van der Waals surface area (Å²) in [5, 5.41) is 5.17. The topological polar surface area (TPSA) is 34.9 Å². The van der Waals surface area contributed by atoms with E-state index < -0.39 is 0 Å². The Morgan fingerprint density at radius 3 is 2.63 bits per heavy atom. The fourth-order valence-electron chi connectivity index (χ4n) is 2.82. The van der Waals surface area contributed by atoms with Crippen molar-refractivity contribution in [2.75, 3.05) is 0 Å². The molecule has 0 saturated heterocycles. The number of aromatic nitrogens is 2. The Morgan fingerprint density at radius 2 is 2.11 bits per heavy atom. The van der Waals surface area contributed by atoms with Gasteiger partial charge < -0.3 is 0 Å². The Bertz CT molecular complexity index is 541. The quantitative estimate of drug-likeness (QED) is 0.849. The van der Waals surface area contributed by atoms with Gasteiger partial charge in [-0.05, 0) is 24.3 Å². The molecule has 0 fully saturated rings. The van der Waals surface area contributed by atoms with E-state index >= 15 is 0 Å². The summed E-state index contributed by atoms with van der Waals surface area (Å²) >= 11 is 6.36. The van der Waals surface area contributed by atoms with E-state index in [2.05, 4.69) is 18.9 Å². The molecule has 19 heavy (non-hydrogen) atoms. The number of carbonyl (C=O) groups excluding carboxylic acids is 1. The summed E-state index contributed by atoms with van der Waals surface area (Å²) in [5.41, 5.74) is 3.16. The van der Waals surface area contributed by atoms with E-state index in [1.807, 2.05) is 18.7 Å². The molecule has 0 radical (unpaired) electrons. The van der Waals surface area contributed by atoms with Gasteiger partial charge in [-0.3, -0.25) is 9.48 Å². The standard InChI is InChI=1S/C15H21ClN2O/c1-5-12-14(16)13(18(4)17-12)7-10-6-11(19)9-15(2,3)8-10/h6H,5,7-9H2,1-4H3. The Kier molecular flexibility index (Phi) is 3.86.